The van der Waals surface area contributed by atoms with Crippen LogP contribution in [0.4, 0.5) is 0 Å². The van der Waals surface area contributed by atoms with E-state index in [2.05, 4.69) is 157 Å². The van der Waals surface area contributed by atoms with E-state index in [4.69, 9.17) is 0 Å². The molecule has 0 fully saturated rings. The molecule has 0 radical (unpaired) electrons. The zero-order valence-electron chi connectivity index (χ0n) is 30.2. The summed E-state index contributed by atoms with van der Waals surface area (Å²) in [5.74, 6) is 0. The van der Waals surface area contributed by atoms with Crippen LogP contribution in [-0.2, 0) is 0 Å². The topological polar surface area (TPSA) is 80.0 Å². The first-order chi connectivity index (χ1) is 27.2. The number of allylic oxidation sites excluding steroid dienone is 1. The molecule has 5 heterocycles. The fourth-order valence-electron chi connectivity index (χ4n) is 7.96. The molecule has 2 aliphatic heterocycles. The van der Waals surface area contributed by atoms with E-state index in [1.54, 1.807) is 12.7 Å². The van der Waals surface area contributed by atoms with Crippen molar-refractivity contribution in [3.8, 4) is 50.2 Å². The fourth-order valence-corrected chi connectivity index (χ4v) is 7.96. The summed E-state index contributed by atoms with van der Waals surface area (Å²) in [5, 5.41) is 10.6. The van der Waals surface area contributed by atoms with Gasteiger partial charge in [0.25, 0.3) is 0 Å². The molecule has 7 nitrogen and oxygen atoms in total. The SMILES string of the molecule is C1=NC=C(C2=CNCC(c3cccc(-c4cc(-c5cccc(-c6cncc(-c7cncnc7)c6)c5)cc(-n5c6c(c7ccccc75)=CCCC=6)c4)c3)=C2)CN1. The van der Waals surface area contributed by atoms with Gasteiger partial charge in [-0.05, 0) is 111 Å². The Hall–Kier alpha value is -7.12. The molecule has 0 saturated heterocycles. The van der Waals surface area contributed by atoms with Crippen molar-refractivity contribution in [3.63, 3.8) is 0 Å². The van der Waals surface area contributed by atoms with Crippen LogP contribution < -0.4 is 21.2 Å². The van der Waals surface area contributed by atoms with Crippen LogP contribution in [0.3, 0.4) is 0 Å². The number of pyridine rings is 1. The lowest BCUT2D eigenvalue weighted by molar-refractivity contribution is 0.940. The van der Waals surface area contributed by atoms with Gasteiger partial charge >= 0.3 is 0 Å². The summed E-state index contributed by atoms with van der Waals surface area (Å²) in [6.07, 6.45) is 23.9. The van der Waals surface area contributed by atoms with Crippen LogP contribution in [0.15, 0.2) is 163 Å². The Morgan fingerprint density at radius 1 is 0.545 bits per heavy atom. The third-order valence-corrected chi connectivity index (χ3v) is 10.6. The van der Waals surface area contributed by atoms with E-state index < -0.39 is 0 Å². The second-order valence-corrected chi connectivity index (χ2v) is 14.1. The predicted molar refractivity (Wildman–Crippen MR) is 224 cm³/mol. The van der Waals surface area contributed by atoms with Gasteiger partial charge in [-0.25, -0.2) is 15.0 Å². The highest BCUT2D eigenvalue weighted by Crippen LogP contribution is 2.35. The van der Waals surface area contributed by atoms with Crippen molar-refractivity contribution in [1.82, 2.24) is 30.2 Å². The Labute approximate surface area is 319 Å². The van der Waals surface area contributed by atoms with E-state index in [1.807, 2.05) is 31.0 Å². The van der Waals surface area contributed by atoms with E-state index in [0.717, 1.165) is 81.7 Å². The van der Waals surface area contributed by atoms with Crippen molar-refractivity contribution in [3.05, 3.63) is 174 Å². The Morgan fingerprint density at radius 3 is 2.00 bits per heavy atom. The number of fused-ring (bicyclic) bond motifs is 3. The van der Waals surface area contributed by atoms with Gasteiger partial charge in [0.05, 0.1) is 11.9 Å². The summed E-state index contributed by atoms with van der Waals surface area (Å²) >= 11 is 0. The second kappa shape index (κ2) is 14.0. The summed E-state index contributed by atoms with van der Waals surface area (Å²) in [4.78, 5) is 17.4. The smallest absolute Gasteiger partial charge is 0.115 e. The molecule has 10 rings (SSSR count). The molecule has 7 aromatic rings. The Kier molecular flexibility index (Phi) is 8.29. The molecule has 3 aromatic heterocycles. The second-order valence-electron chi connectivity index (χ2n) is 14.1. The molecular weight excluding hydrogens is 675 g/mol. The lowest BCUT2D eigenvalue weighted by Gasteiger charge is -2.19. The fraction of sp³-hybridized carbons (Fsp3) is 0.0833. The van der Waals surface area contributed by atoms with Gasteiger partial charge in [0.15, 0.2) is 0 Å². The quantitative estimate of drug-likeness (QED) is 0.174. The van der Waals surface area contributed by atoms with Gasteiger partial charge in [0.2, 0.25) is 0 Å². The van der Waals surface area contributed by atoms with Crippen molar-refractivity contribution < 1.29 is 0 Å². The van der Waals surface area contributed by atoms with Gasteiger partial charge < -0.3 is 15.2 Å². The number of benzene rings is 4. The van der Waals surface area contributed by atoms with E-state index in [9.17, 15) is 0 Å². The minimum atomic E-state index is 0.758. The Morgan fingerprint density at radius 2 is 1.20 bits per heavy atom. The molecule has 0 unspecified atom stereocenters. The number of dihydropyridines is 1. The van der Waals surface area contributed by atoms with Crippen molar-refractivity contribution in [1.29, 1.82) is 0 Å². The number of nitrogens with zero attached hydrogens (tertiary/aromatic N) is 5. The van der Waals surface area contributed by atoms with Crippen LogP contribution in [0, 0.1) is 0 Å². The summed E-state index contributed by atoms with van der Waals surface area (Å²) in [7, 11) is 0. The number of para-hydroxylation sites is 1. The van der Waals surface area contributed by atoms with E-state index >= 15 is 0 Å². The molecule has 0 spiro atoms. The van der Waals surface area contributed by atoms with Crippen LogP contribution in [0.1, 0.15) is 18.4 Å². The van der Waals surface area contributed by atoms with Crippen molar-refractivity contribution >= 4 is 35.0 Å². The highest BCUT2D eigenvalue weighted by Gasteiger charge is 2.16. The summed E-state index contributed by atoms with van der Waals surface area (Å²) in [5.41, 5.74) is 15.8. The first-order valence-corrected chi connectivity index (χ1v) is 18.7. The average molecular weight is 712 g/mol. The lowest BCUT2D eigenvalue weighted by atomic mass is 9.92. The highest BCUT2D eigenvalue weighted by atomic mass is 15.0. The van der Waals surface area contributed by atoms with E-state index in [1.165, 1.54) is 38.2 Å². The summed E-state index contributed by atoms with van der Waals surface area (Å²) in [6, 6.07) is 35.7. The molecule has 7 heteroatoms. The maximum Gasteiger partial charge on any atom is 0.115 e. The molecule has 3 aliphatic rings. The number of nitrogens with one attached hydrogen (secondary N) is 2. The zero-order valence-corrected chi connectivity index (χ0v) is 30.2. The monoisotopic (exact) mass is 711 g/mol. The van der Waals surface area contributed by atoms with Crippen LogP contribution >= 0.6 is 0 Å². The Balaban J connectivity index is 1.12. The maximum atomic E-state index is 4.60. The molecule has 0 saturated carbocycles. The minimum Gasteiger partial charge on any atom is -0.386 e. The minimum absolute atomic E-state index is 0.758. The molecular formula is C48H37N7. The number of aromatic nitrogens is 4. The first-order valence-electron chi connectivity index (χ1n) is 18.7. The normalized spacial score (nSPS) is 14.7. The van der Waals surface area contributed by atoms with Gasteiger partial charge in [0.1, 0.15) is 6.33 Å². The van der Waals surface area contributed by atoms with Crippen LogP contribution in [0.5, 0.6) is 0 Å². The molecule has 264 valence electrons. The third-order valence-electron chi connectivity index (χ3n) is 10.6. The van der Waals surface area contributed by atoms with Gasteiger partial charge in [0, 0.05) is 88.6 Å². The summed E-state index contributed by atoms with van der Waals surface area (Å²) in [6.45, 7) is 1.52. The molecule has 1 aliphatic carbocycles. The maximum absolute atomic E-state index is 4.60. The van der Waals surface area contributed by atoms with Gasteiger partial charge in [-0.2, -0.15) is 0 Å². The molecule has 55 heavy (non-hydrogen) atoms. The van der Waals surface area contributed by atoms with Crippen LogP contribution in [0.2, 0.25) is 0 Å². The standard InChI is InChI=1S/C48H37N7/c1-3-13-47-45(11-1)46-12-2-4-14-48(46)55(47)44-20-36(32-7-5-9-34(15-32)38-18-40(24-49-22-38)42-26-51-30-52-27-42)17-37(21-44)33-8-6-10-35(16-33)39-19-41(25-50-23-39)43-28-53-31-54-29-43/h1,3,5-22,24-28,30-31,50H,2,4,23,29H2,(H,53,54). The van der Waals surface area contributed by atoms with Gasteiger partial charge in [-0.15, -0.1) is 0 Å². The van der Waals surface area contributed by atoms with E-state index in [0.29, 0.717) is 0 Å². The van der Waals surface area contributed by atoms with Crippen LogP contribution in [0.25, 0.3) is 78.8 Å². The van der Waals surface area contributed by atoms with E-state index in [-0.39, 0.29) is 0 Å². The number of hydrogen-bond acceptors (Lipinski definition) is 6. The highest BCUT2D eigenvalue weighted by molar-refractivity contribution is 5.87. The zero-order chi connectivity index (χ0) is 36.6. The van der Waals surface area contributed by atoms with Gasteiger partial charge in [-0.1, -0.05) is 66.7 Å². The lowest BCUT2D eigenvalue weighted by Crippen LogP contribution is -2.30. The number of hydrogen-bond donors (Lipinski definition) is 2. The molecule has 4 aromatic carbocycles. The molecule has 0 amide bonds. The number of aliphatic imine (C=N–C) groups is 1. The van der Waals surface area contributed by atoms with Crippen molar-refractivity contribution in [2.45, 2.75) is 12.8 Å². The average Bonchev–Trinajstić information content (AvgIpc) is 3.61. The largest absolute Gasteiger partial charge is 0.386 e. The molecule has 2 N–H and O–H groups in total. The predicted octanol–water partition coefficient (Wildman–Crippen LogP) is 8.22. The summed E-state index contributed by atoms with van der Waals surface area (Å²) < 4.78 is 2.45. The molecule has 0 bridgehead atoms. The molecule has 0 atom stereocenters. The van der Waals surface area contributed by atoms with Crippen LogP contribution in [-0.4, -0.2) is 38.9 Å². The van der Waals surface area contributed by atoms with Crippen molar-refractivity contribution in [2.24, 2.45) is 4.99 Å². The van der Waals surface area contributed by atoms with Gasteiger partial charge in [-0.3, -0.25) is 4.98 Å². The first kappa shape index (κ1) is 32.5. The number of rotatable bonds is 7. The van der Waals surface area contributed by atoms with Crippen molar-refractivity contribution in [2.75, 3.05) is 13.1 Å². The Bertz CT molecular complexity index is 2880. The third kappa shape index (κ3) is 6.25.